The predicted octanol–water partition coefficient (Wildman–Crippen LogP) is 1.93. The summed E-state index contributed by atoms with van der Waals surface area (Å²) in [7, 11) is 0. The van der Waals surface area contributed by atoms with Gasteiger partial charge in [-0.05, 0) is 0 Å². The predicted molar refractivity (Wildman–Crippen MR) is 33.6 cm³/mol. The van der Waals surface area contributed by atoms with E-state index < -0.39 is 0 Å². The van der Waals surface area contributed by atoms with Crippen LogP contribution in [0.3, 0.4) is 0 Å². The summed E-state index contributed by atoms with van der Waals surface area (Å²) in [5, 5.41) is 0. The molecule has 0 saturated heterocycles. The van der Waals surface area contributed by atoms with E-state index >= 15 is 0 Å². The molecular formula is C7H12Cr. The van der Waals surface area contributed by atoms with E-state index in [0.29, 0.717) is 0 Å². The summed E-state index contributed by atoms with van der Waals surface area (Å²) < 4.78 is 3.00. The number of rotatable bonds is 0. The molecule has 0 spiro atoms. The maximum absolute atomic E-state index is 3.00. The van der Waals surface area contributed by atoms with Crippen molar-refractivity contribution in [1.29, 1.82) is 0 Å². The van der Waals surface area contributed by atoms with Gasteiger partial charge in [0, 0.05) is 0 Å². The van der Waals surface area contributed by atoms with Crippen molar-refractivity contribution in [3.8, 4) is 0 Å². The Morgan fingerprint density at radius 1 is 1.38 bits per heavy atom. The first-order chi connectivity index (χ1) is 3.48. The average Bonchev–Trinajstić information content (AvgIpc) is 1.62. The molecule has 0 heterocycles. The van der Waals surface area contributed by atoms with Gasteiger partial charge < -0.3 is 0 Å². The fourth-order valence-electron chi connectivity index (χ4n) is 0.153. The standard InChI is InChI=1S/C7H12.Cr/c1-6(2)7(3,4)5;/h1,3-5H3;. The van der Waals surface area contributed by atoms with E-state index in [1.165, 1.54) is 5.57 Å². The SMILES string of the molecule is CC(=[C]=[Cr])C(C)(C)C. The van der Waals surface area contributed by atoms with Crippen LogP contribution in [0.15, 0.2) is 5.57 Å². The molecule has 0 fully saturated rings. The maximum atomic E-state index is 3.00. The molecule has 8 heavy (non-hydrogen) atoms. The van der Waals surface area contributed by atoms with Gasteiger partial charge in [-0.1, -0.05) is 0 Å². The van der Waals surface area contributed by atoms with Crippen LogP contribution in [0.5, 0.6) is 0 Å². The van der Waals surface area contributed by atoms with Crippen molar-refractivity contribution >= 4 is 4.54 Å². The number of hydrogen-bond donors (Lipinski definition) is 0. The summed E-state index contributed by atoms with van der Waals surface area (Å²) in [4.78, 5) is 0. The Labute approximate surface area is 59.6 Å². The molecule has 0 rings (SSSR count). The van der Waals surface area contributed by atoms with E-state index in [1.54, 1.807) is 0 Å². The zero-order valence-electron chi connectivity index (χ0n) is 5.91. The molecule has 0 aromatic heterocycles. The summed E-state index contributed by atoms with van der Waals surface area (Å²) in [6, 6.07) is 0. The Balaban J connectivity index is 4.26. The van der Waals surface area contributed by atoms with Gasteiger partial charge in [-0.3, -0.25) is 0 Å². The molecule has 0 N–H and O–H groups in total. The van der Waals surface area contributed by atoms with Crippen molar-refractivity contribution in [3.05, 3.63) is 5.57 Å². The van der Waals surface area contributed by atoms with E-state index in [4.69, 9.17) is 0 Å². The topological polar surface area (TPSA) is 0 Å². The molecule has 0 aromatic carbocycles. The molecule has 0 nitrogen and oxygen atoms in total. The van der Waals surface area contributed by atoms with Crippen LogP contribution >= 0.6 is 0 Å². The minimum absolute atomic E-state index is 0.283. The van der Waals surface area contributed by atoms with Crippen LogP contribution in [0.4, 0.5) is 0 Å². The van der Waals surface area contributed by atoms with Gasteiger partial charge in [0.15, 0.2) is 0 Å². The first-order valence-electron chi connectivity index (χ1n) is 2.70. The molecule has 0 aromatic rings. The molecule has 0 bridgehead atoms. The van der Waals surface area contributed by atoms with E-state index in [1.807, 2.05) is 0 Å². The van der Waals surface area contributed by atoms with Crippen molar-refractivity contribution < 1.29 is 15.9 Å². The van der Waals surface area contributed by atoms with Gasteiger partial charge in [0.1, 0.15) is 0 Å². The van der Waals surface area contributed by atoms with Gasteiger partial charge in [-0.2, -0.15) is 0 Å². The quantitative estimate of drug-likeness (QED) is 0.492. The summed E-state index contributed by atoms with van der Waals surface area (Å²) in [6.45, 7) is 8.60. The second-order valence-corrected chi connectivity index (χ2v) is 3.30. The summed E-state index contributed by atoms with van der Waals surface area (Å²) in [5.41, 5.74) is 1.56. The minimum atomic E-state index is 0.283. The normalized spacial score (nSPS) is 10.5. The fourth-order valence-corrected chi connectivity index (χ4v) is 0.631. The van der Waals surface area contributed by atoms with Crippen molar-refractivity contribution in [2.75, 3.05) is 0 Å². The van der Waals surface area contributed by atoms with Gasteiger partial charge in [0.25, 0.3) is 0 Å². The molecule has 0 aliphatic heterocycles. The first-order valence-corrected chi connectivity index (χ1v) is 3.34. The Hall–Kier alpha value is 0.182. The fraction of sp³-hybridized carbons (Fsp3) is 0.714. The van der Waals surface area contributed by atoms with Crippen LogP contribution in [-0.4, -0.2) is 4.54 Å². The van der Waals surface area contributed by atoms with Crippen LogP contribution < -0.4 is 0 Å². The van der Waals surface area contributed by atoms with Crippen molar-refractivity contribution in [2.24, 2.45) is 5.41 Å². The first kappa shape index (κ1) is 8.18. The molecule has 0 atom stereocenters. The Bertz CT molecular complexity index is 122. The summed E-state index contributed by atoms with van der Waals surface area (Å²) >= 11 is 2.76. The molecule has 0 amide bonds. The van der Waals surface area contributed by atoms with Gasteiger partial charge >= 0.3 is 59.1 Å². The summed E-state index contributed by atoms with van der Waals surface area (Å²) in [6.07, 6.45) is 0. The van der Waals surface area contributed by atoms with Crippen LogP contribution in [0, 0.1) is 5.41 Å². The third-order valence-corrected chi connectivity index (χ3v) is 1.76. The number of hydrogen-bond acceptors (Lipinski definition) is 0. The van der Waals surface area contributed by atoms with Gasteiger partial charge in [-0.25, -0.2) is 0 Å². The van der Waals surface area contributed by atoms with Gasteiger partial charge in [-0.15, -0.1) is 0 Å². The van der Waals surface area contributed by atoms with E-state index in [2.05, 4.69) is 48.1 Å². The third-order valence-electron chi connectivity index (χ3n) is 1.28. The van der Waals surface area contributed by atoms with Crippen LogP contribution in [0.25, 0.3) is 0 Å². The molecule has 1 heteroatoms. The van der Waals surface area contributed by atoms with Gasteiger partial charge in [0.05, 0.1) is 0 Å². The molecule has 0 saturated carbocycles. The van der Waals surface area contributed by atoms with Gasteiger partial charge in [0.2, 0.25) is 0 Å². The van der Waals surface area contributed by atoms with Crippen LogP contribution in [-0.2, 0) is 15.9 Å². The summed E-state index contributed by atoms with van der Waals surface area (Å²) in [5.74, 6) is 0. The molecule has 0 aliphatic rings. The zero-order valence-corrected chi connectivity index (χ0v) is 7.18. The van der Waals surface area contributed by atoms with Crippen LogP contribution in [0.2, 0.25) is 0 Å². The molecule has 0 aliphatic carbocycles. The average molecular weight is 148 g/mol. The molecule has 0 radical (unpaired) electrons. The Kier molecular flexibility index (Phi) is 2.71. The van der Waals surface area contributed by atoms with E-state index in [9.17, 15) is 0 Å². The Morgan fingerprint density at radius 2 is 1.75 bits per heavy atom. The third kappa shape index (κ3) is 2.48. The second-order valence-electron chi connectivity index (χ2n) is 2.98. The molecular weight excluding hydrogens is 136 g/mol. The van der Waals surface area contributed by atoms with Crippen molar-refractivity contribution in [2.45, 2.75) is 27.7 Å². The van der Waals surface area contributed by atoms with E-state index in [-0.39, 0.29) is 5.41 Å². The van der Waals surface area contributed by atoms with E-state index in [0.717, 1.165) is 0 Å². The molecule has 0 unspecified atom stereocenters. The van der Waals surface area contributed by atoms with Crippen LogP contribution in [0.1, 0.15) is 27.7 Å². The number of allylic oxidation sites excluding steroid dienone is 1. The monoisotopic (exact) mass is 148 g/mol. The van der Waals surface area contributed by atoms with Crippen molar-refractivity contribution in [1.82, 2.24) is 0 Å². The molecule has 46 valence electrons. The Morgan fingerprint density at radius 3 is 1.75 bits per heavy atom. The zero-order chi connectivity index (χ0) is 6.78. The second kappa shape index (κ2) is 2.65. The van der Waals surface area contributed by atoms with Crippen molar-refractivity contribution in [3.63, 3.8) is 0 Å².